The molecule has 0 atom stereocenters. The molecular weight excluding hydrogens is 114 g/mol. The van der Waals surface area contributed by atoms with E-state index in [-0.39, 0.29) is 43.9 Å². The molecule has 0 aliphatic heterocycles. The molecule has 0 aromatic heterocycles. The van der Waals surface area contributed by atoms with Crippen molar-refractivity contribution in [3.05, 3.63) is 0 Å². The molecular formula is CH5ArNO3. The van der Waals surface area contributed by atoms with E-state index in [0.717, 1.165) is 0 Å². The van der Waals surface area contributed by atoms with Crippen LogP contribution in [0.2, 0.25) is 0 Å². The first kappa shape index (κ1) is 16.1. The van der Waals surface area contributed by atoms with Gasteiger partial charge in [-0.15, -0.1) is 0 Å². The quantitative estimate of drug-likeness (QED) is 0.429. The maximum absolute atomic E-state index is 8.56. The van der Waals surface area contributed by atoms with E-state index in [1.165, 1.54) is 0 Å². The smallest absolute Gasteiger partial charge is 0.450 e. The van der Waals surface area contributed by atoms with Crippen LogP contribution in [0.3, 0.4) is 0 Å². The topological polar surface area (TPSA) is 92.5 Å². The second-order valence-electron chi connectivity index (χ2n) is 0.283. The first-order valence-electron chi connectivity index (χ1n) is 0.651. The third-order valence-corrected chi connectivity index (χ3v) is 0. The minimum atomic E-state index is -1.83. The second kappa shape index (κ2) is 9.09. The maximum atomic E-state index is 8.56. The molecule has 6 heavy (non-hydrogen) atoms. The van der Waals surface area contributed by atoms with Gasteiger partial charge in [0.05, 0.1) is 0 Å². The van der Waals surface area contributed by atoms with Gasteiger partial charge in [-0.05, 0) is 0 Å². The largest absolute Gasteiger partial charge is 0.503 e. The molecule has 0 heterocycles. The molecule has 0 aromatic rings. The van der Waals surface area contributed by atoms with Crippen molar-refractivity contribution in [2.45, 2.75) is 0 Å². The summed E-state index contributed by atoms with van der Waals surface area (Å²) in [5.41, 5.74) is 0. The molecule has 0 fully saturated rings. The van der Waals surface area contributed by atoms with E-state index in [1.807, 2.05) is 0 Å². The van der Waals surface area contributed by atoms with Crippen molar-refractivity contribution in [3.63, 3.8) is 0 Å². The fourth-order valence-corrected chi connectivity index (χ4v) is 0. The second-order valence-corrected chi connectivity index (χ2v) is 0.283. The van der Waals surface area contributed by atoms with Crippen LogP contribution in [0.15, 0.2) is 0 Å². The molecule has 0 bridgehead atoms. The van der Waals surface area contributed by atoms with E-state index in [4.69, 9.17) is 15.0 Å². The summed E-state index contributed by atoms with van der Waals surface area (Å²) in [6, 6.07) is 0. The van der Waals surface area contributed by atoms with Gasteiger partial charge in [-0.1, -0.05) is 0 Å². The zero-order valence-electron chi connectivity index (χ0n) is 2.86. The molecule has 0 amide bonds. The molecule has 4 nitrogen and oxygen atoms in total. The summed E-state index contributed by atoms with van der Waals surface area (Å²) in [4.78, 5) is 8.56. The van der Waals surface area contributed by atoms with Gasteiger partial charge < -0.3 is 16.4 Å². The van der Waals surface area contributed by atoms with Crippen LogP contribution in [0, 0.1) is 37.7 Å². The molecule has 0 aliphatic carbocycles. The number of hydrogen-bond acceptors (Lipinski definition) is 2. The molecule has 0 spiro atoms. The molecule has 0 saturated heterocycles. The van der Waals surface area contributed by atoms with Crippen LogP contribution < -0.4 is 6.15 Å². The normalized spacial score (nSPS) is 4.00. The predicted molar refractivity (Wildman–Crippen MR) is 15.7 cm³/mol. The van der Waals surface area contributed by atoms with Gasteiger partial charge in [-0.3, -0.25) is 0 Å². The van der Waals surface area contributed by atoms with Crippen molar-refractivity contribution >= 4 is 6.16 Å². The Balaban J connectivity index is -0.0000000450. The molecule has 5 N–H and O–H groups in total. The van der Waals surface area contributed by atoms with Gasteiger partial charge in [-0.25, -0.2) is 4.79 Å². The number of carbonyl (C=O) groups is 1. The molecule has 0 radical (unpaired) electrons. The monoisotopic (exact) mass is 119 g/mol. The fourth-order valence-electron chi connectivity index (χ4n) is 0. The zero-order chi connectivity index (χ0) is 3.58. The van der Waals surface area contributed by atoms with Crippen LogP contribution in [0.4, 0.5) is 4.79 Å². The van der Waals surface area contributed by atoms with Crippen molar-refractivity contribution in [2.75, 3.05) is 0 Å². The third kappa shape index (κ3) is 228. The number of hydrogen-bond donors (Lipinski definition) is 3. The van der Waals surface area contributed by atoms with Crippen LogP contribution >= 0.6 is 0 Å². The van der Waals surface area contributed by atoms with Crippen LogP contribution in [-0.2, 0) is 0 Å². The van der Waals surface area contributed by atoms with E-state index < -0.39 is 6.16 Å². The van der Waals surface area contributed by atoms with Crippen molar-refractivity contribution in [1.29, 1.82) is 0 Å². The van der Waals surface area contributed by atoms with Crippen molar-refractivity contribution < 1.29 is 52.7 Å². The molecule has 0 aromatic carbocycles. The Morgan fingerprint density at radius 2 is 1.33 bits per heavy atom. The number of carboxylic acid groups (broad SMARTS) is 2. The van der Waals surface area contributed by atoms with E-state index in [9.17, 15) is 0 Å². The van der Waals surface area contributed by atoms with Crippen molar-refractivity contribution in [1.82, 2.24) is 6.15 Å². The van der Waals surface area contributed by atoms with E-state index in [2.05, 4.69) is 0 Å². The van der Waals surface area contributed by atoms with Gasteiger partial charge in [-0.2, -0.15) is 0 Å². The van der Waals surface area contributed by atoms with Crippen LogP contribution in [0.1, 0.15) is 0 Å². The van der Waals surface area contributed by atoms with E-state index in [0.29, 0.717) is 0 Å². The summed E-state index contributed by atoms with van der Waals surface area (Å²) in [5.74, 6) is 0. The molecule has 40 valence electrons. The van der Waals surface area contributed by atoms with Gasteiger partial charge >= 0.3 is 6.16 Å². The molecule has 0 rings (SSSR count). The van der Waals surface area contributed by atoms with Crippen LogP contribution in [0.25, 0.3) is 0 Å². The Kier molecular flexibility index (Phi) is 24.3. The summed E-state index contributed by atoms with van der Waals surface area (Å²) in [7, 11) is 0. The summed E-state index contributed by atoms with van der Waals surface area (Å²) in [6.45, 7) is 0. The Morgan fingerprint density at radius 3 is 1.33 bits per heavy atom. The van der Waals surface area contributed by atoms with Gasteiger partial charge in [0.1, 0.15) is 0 Å². The summed E-state index contributed by atoms with van der Waals surface area (Å²) in [5, 5.41) is 13.9. The number of rotatable bonds is 0. The summed E-state index contributed by atoms with van der Waals surface area (Å²) < 4.78 is 0. The fraction of sp³-hybridized carbons (Fsp3) is 0. The van der Waals surface area contributed by atoms with Gasteiger partial charge in [0.15, 0.2) is 0 Å². The van der Waals surface area contributed by atoms with Crippen molar-refractivity contribution in [3.8, 4) is 0 Å². The molecule has 5 heteroatoms. The predicted octanol–water partition coefficient (Wildman–Crippen LogP) is 0.384. The minimum absolute atomic E-state index is 0. The summed E-state index contributed by atoms with van der Waals surface area (Å²) in [6.07, 6.45) is -1.83. The maximum Gasteiger partial charge on any atom is 0.503 e. The molecule has 0 aliphatic rings. The minimum Gasteiger partial charge on any atom is -0.450 e. The van der Waals surface area contributed by atoms with Gasteiger partial charge in [0.25, 0.3) is 0 Å². The van der Waals surface area contributed by atoms with Crippen LogP contribution in [0.5, 0.6) is 0 Å². The summed E-state index contributed by atoms with van der Waals surface area (Å²) >= 11 is 0. The standard InChI is InChI=1S/CH2O3.Ar.H3N/c2-1(3)4;;/h(H2,2,3,4);;1H3. The Hall–Kier alpha value is 0.490. The SMILES string of the molecule is N.O=C(O)O.[Ar]. The average molecular weight is 119 g/mol. The zero-order valence-corrected chi connectivity index (χ0v) is 3.57. The van der Waals surface area contributed by atoms with Crippen LogP contribution in [-0.4, -0.2) is 16.4 Å². The van der Waals surface area contributed by atoms with Gasteiger partial charge in [0.2, 0.25) is 0 Å². The van der Waals surface area contributed by atoms with Crippen molar-refractivity contribution in [2.24, 2.45) is 0 Å². The Morgan fingerprint density at radius 1 is 1.33 bits per heavy atom. The first-order chi connectivity index (χ1) is 1.73. The van der Waals surface area contributed by atoms with Gasteiger partial charge in [0, 0.05) is 37.7 Å². The third-order valence-electron chi connectivity index (χ3n) is 0. The molecule has 0 saturated carbocycles. The Labute approximate surface area is 64.7 Å². The van der Waals surface area contributed by atoms with E-state index >= 15 is 0 Å². The van der Waals surface area contributed by atoms with E-state index in [1.54, 1.807) is 0 Å². The Bertz CT molecular complexity index is 33.8. The first-order valence-corrected chi connectivity index (χ1v) is 0.651. The molecule has 0 unspecified atom stereocenters. The average Bonchev–Trinajstić information content (AvgIpc) is 0.811.